The highest BCUT2D eigenvalue weighted by Crippen LogP contribution is 2.17. The van der Waals surface area contributed by atoms with Gasteiger partial charge in [0.2, 0.25) is 11.8 Å². The van der Waals surface area contributed by atoms with Crippen molar-refractivity contribution in [2.75, 3.05) is 23.0 Å². The highest BCUT2D eigenvalue weighted by atomic mass is 32.2. The Morgan fingerprint density at radius 3 is 2.65 bits per heavy atom. The first kappa shape index (κ1) is 17.5. The number of hydrogen-bond donors (Lipinski definition) is 1. The number of aryl methyl sites for hydroxylation is 1. The average Bonchev–Trinajstić information content (AvgIpc) is 2.77. The SMILES string of the molecule is CC(=O)N(CCC(=O)NC1CCS(=O)(=O)C1)c1cccc(C)c1. The first-order valence-corrected chi connectivity index (χ1v) is 9.43. The lowest BCUT2D eigenvalue weighted by atomic mass is 10.2. The standard InChI is InChI=1S/C16H22N2O4S/c1-12-4-3-5-15(10-12)18(13(2)19)8-6-16(20)17-14-7-9-23(21,22)11-14/h3-5,10,14H,6-9,11H2,1-2H3,(H,17,20). The molecule has 1 heterocycles. The van der Waals surface area contributed by atoms with Crippen LogP contribution >= 0.6 is 0 Å². The number of nitrogens with zero attached hydrogens (tertiary/aromatic N) is 1. The van der Waals surface area contributed by atoms with Gasteiger partial charge >= 0.3 is 0 Å². The van der Waals surface area contributed by atoms with Crippen molar-refractivity contribution in [3.05, 3.63) is 29.8 Å². The Hall–Kier alpha value is -1.89. The maximum absolute atomic E-state index is 12.0. The molecule has 0 saturated carbocycles. The maximum Gasteiger partial charge on any atom is 0.223 e. The fourth-order valence-corrected chi connectivity index (χ4v) is 4.36. The third-order valence-electron chi connectivity index (χ3n) is 3.85. The van der Waals surface area contributed by atoms with E-state index in [1.807, 2.05) is 31.2 Å². The molecule has 1 fully saturated rings. The molecule has 6 nitrogen and oxygen atoms in total. The van der Waals surface area contributed by atoms with Crippen molar-refractivity contribution >= 4 is 27.3 Å². The molecule has 1 aliphatic rings. The minimum absolute atomic E-state index is 0.00699. The molecule has 0 bridgehead atoms. The van der Waals surface area contributed by atoms with Crippen molar-refractivity contribution < 1.29 is 18.0 Å². The van der Waals surface area contributed by atoms with Gasteiger partial charge in [0.25, 0.3) is 0 Å². The van der Waals surface area contributed by atoms with Gasteiger partial charge in [-0.15, -0.1) is 0 Å². The molecule has 1 N–H and O–H groups in total. The maximum atomic E-state index is 12.0. The first-order chi connectivity index (χ1) is 10.8. The molecule has 0 aliphatic carbocycles. The minimum atomic E-state index is -3.01. The molecule has 0 radical (unpaired) electrons. The average molecular weight is 338 g/mol. The summed E-state index contributed by atoms with van der Waals surface area (Å²) in [6.45, 7) is 3.67. The van der Waals surface area contributed by atoms with Gasteiger partial charge in [0.1, 0.15) is 0 Å². The smallest absolute Gasteiger partial charge is 0.223 e. The number of carbonyl (C=O) groups is 2. The van der Waals surface area contributed by atoms with E-state index in [0.717, 1.165) is 11.3 Å². The van der Waals surface area contributed by atoms with Crippen LogP contribution in [-0.2, 0) is 19.4 Å². The van der Waals surface area contributed by atoms with Crippen molar-refractivity contribution in [3.63, 3.8) is 0 Å². The van der Waals surface area contributed by atoms with Crippen LogP contribution in [-0.4, -0.2) is 44.3 Å². The van der Waals surface area contributed by atoms with Crippen molar-refractivity contribution in [1.82, 2.24) is 5.32 Å². The summed E-state index contributed by atoms with van der Waals surface area (Å²) in [6, 6.07) is 7.22. The summed E-state index contributed by atoms with van der Waals surface area (Å²) < 4.78 is 22.8. The van der Waals surface area contributed by atoms with Crippen LogP contribution in [0.2, 0.25) is 0 Å². The van der Waals surface area contributed by atoms with Gasteiger partial charge in [-0.05, 0) is 31.0 Å². The number of hydrogen-bond acceptors (Lipinski definition) is 4. The Morgan fingerprint density at radius 2 is 2.09 bits per heavy atom. The van der Waals surface area contributed by atoms with Crippen molar-refractivity contribution in [1.29, 1.82) is 0 Å². The molecule has 2 rings (SSSR count). The van der Waals surface area contributed by atoms with Gasteiger partial charge in [0, 0.05) is 31.6 Å². The van der Waals surface area contributed by atoms with E-state index in [-0.39, 0.29) is 42.3 Å². The van der Waals surface area contributed by atoms with Crippen LogP contribution in [0.15, 0.2) is 24.3 Å². The quantitative estimate of drug-likeness (QED) is 0.869. The highest BCUT2D eigenvalue weighted by molar-refractivity contribution is 7.91. The van der Waals surface area contributed by atoms with Crippen LogP contribution < -0.4 is 10.2 Å². The third kappa shape index (κ3) is 5.06. The number of carbonyl (C=O) groups excluding carboxylic acids is 2. The highest BCUT2D eigenvalue weighted by Gasteiger charge is 2.28. The van der Waals surface area contributed by atoms with E-state index < -0.39 is 9.84 Å². The summed E-state index contributed by atoms with van der Waals surface area (Å²) in [5.41, 5.74) is 1.79. The normalized spacial score (nSPS) is 19.3. The van der Waals surface area contributed by atoms with Crippen LogP contribution in [0.4, 0.5) is 5.69 Å². The predicted octanol–water partition coefficient (Wildman–Crippen LogP) is 1.04. The Labute approximate surface area is 136 Å². The summed E-state index contributed by atoms with van der Waals surface area (Å²) in [5.74, 6) is -0.230. The molecule has 1 aromatic rings. The van der Waals surface area contributed by atoms with Gasteiger partial charge in [-0.1, -0.05) is 12.1 Å². The molecule has 1 unspecified atom stereocenters. The topological polar surface area (TPSA) is 83.6 Å². The number of amides is 2. The molecule has 0 spiro atoms. The molecule has 1 aliphatic heterocycles. The fourth-order valence-electron chi connectivity index (χ4n) is 2.69. The summed E-state index contributed by atoms with van der Waals surface area (Å²) in [7, 11) is -3.01. The van der Waals surface area contributed by atoms with E-state index in [0.29, 0.717) is 6.42 Å². The lowest BCUT2D eigenvalue weighted by Gasteiger charge is -2.22. The zero-order chi connectivity index (χ0) is 17.0. The minimum Gasteiger partial charge on any atom is -0.352 e. The van der Waals surface area contributed by atoms with Crippen molar-refractivity contribution in [2.45, 2.75) is 32.7 Å². The van der Waals surface area contributed by atoms with Crippen LogP contribution in [0.5, 0.6) is 0 Å². The van der Waals surface area contributed by atoms with E-state index in [4.69, 9.17) is 0 Å². The van der Waals surface area contributed by atoms with Gasteiger partial charge in [0.15, 0.2) is 9.84 Å². The lowest BCUT2D eigenvalue weighted by Crippen LogP contribution is -2.38. The molecule has 2 amide bonds. The van der Waals surface area contributed by atoms with Crippen LogP contribution in [0.3, 0.4) is 0 Å². The Balaban J connectivity index is 1.92. The van der Waals surface area contributed by atoms with Gasteiger partial charge in [0.05, 0.1) is 11.5 Å². The van der Waals surface area contributed by atoms with Crippen molar-refractivity contribution in [3.8, 4) is 0 Å². The number of rotatable bonds is 5. The number of benzene rings is 1. The van der Waals surface area contributed by atoms with E-state index in [1.54, 1.807) is 4.90 Å². The molecule has 23 heavy (non-hydrogen) atoms. The van der Waals surface area contributed by atoms with E-state index >= 15 is 0 Å². The predicted molar refractivity (Wildman–Crippen MR) is 89.0 cm³/mol. The molecular formula is C16H22N2O4S. The second kappa shape index (κ2) is 7.12. The second-order valence-electron chi connectivity index (χ2n) is 5.93. The van der Waals surface area contributed by atoms with Crippen LogP contribution in [0.1, 0.15) is 25.3 Å². The lowest BCUT2D eigenvalue weighted by molar-refractivity contribution is -0.121. The summed E-state index contributed by atoms with van der Waals surface area (Å²) in [5, 5.41) is 2.74. The summed E-state index contributed by atoms with van der Waals surface area (Å²) in [4.78, 5) is 25.4. The van der Waals surface area contributed by atoms with Gasteiger partial charge in [-0.2, -0.15) is 0 Å². The van der Waals surface area contributed by atoms with Gasteiger partial charge < -0.3 is 10.2 Å². The largest absolute Gasteiger partial charge is 0.352 e. The molecule has 7 heteroatoms. The molecular weight excluding hydrogens is 316 g/mol. The first-order valence-electron chi connectivity index (χ1n) is 7.61. The number of sulfone groups is 1. The monoisotopic (exact) mass is 338 g/mol. The Morgan fingerprint density at radius 1 is 1.35 bits per heavy atom. The van der Waals surface area contributed by atoms with Crippen LogP contribution in [0.25, 0.3) is 0 Å². The molecule has 1 saturated heterocycles. The van der Waals surface area contributed by atoms with Gasteiger partial charge in [-0.3, -0.25) is 9.59 Å². The zero-order valence-corrected chi connectivity index (χ0v) is 14.2. The number of anilines is 1. The van der Waals surface area contributed by atoms with E-state index in [1.165, 1.54) is 6.92 Å². The second-order valence-corrected chi connectivity index (χ2v) is 8.16. The fraction of sp³-hybridized carbons (Fsp3) is 0.500. The van der Waals surface area contributed by atoms with Gasteiger partial charge in [-0.25, -0.2) is 8.42 Å². The van der Waals surface area contributed by atoms with Crippen LogP contribution in [0, 0.1) is 6.92 Å². The summed E-state index contributed by atoms with van der Waals surface area (Å²) >= 11 is 0. The van der Waals surface area contributed by atoms with E-state index in [9.17, 15) is 18.0 Å². The zero-order valence-electron chi connectivity index (χ0n) is 13.4. The number of nitrogens with one attached hydrogen (secondary N) is 1. The molecule has 1 aromatic carbocycles. The van der Waals surface area contributed by atoms with Crippen molar-refractivity contribution in [2.24, 2.45) is 0 Å². The summed E-state index contributed by atoms with van der Waals surface area (Å²) in [6.07, 6.45) is 0.604. The van der Waals surface area contributed by atoms with E-state index in [2.05, 4.69) is 5.32 Å². The third-order valence-corrected chi connectivity index (χ3v) is 5.62. The molecule has 1 atom stereocenters. The molecule has 126 valence electrons. The Kier molecular flexibility index (Phi) is 5.41. The Bertz CT molecular complexity index is 700. The molecule has 0 aromatic heterocycles.